The van der Waals surface area contributed by atoms with Crippen LogP contribution < -0.4 is 0 Å². The van der Waals surface area contributed by atoms with Gasteiger partial charge in [-0.15, -0.1) is 0 Å². The fourth-order valence-electron chi connectivity index (χ4n) is 5.62. The van der Waals surface area contributed by atoms with Crippen molar-refractivity contribution >= 4 is 5.91 Å². The van der Waals surface area contributed by atoms with Crippen LogP contribution >= 0.6 is 0 Å². The number of carbonyl (C=O) groups excluding carboxylic acids is 1. The van der Waals surface area contributed by atoms with Crippen molar-refractivity contribution in [3.63, 3.8) is 0 Å². The van der Waals surface area contributed by atoms with Gasteiger partial charge in [-0.25, -0.2) is 0 Å². The Kier molecular flexibility index (Phi) is 6.16. The minimum absolute atomic E-state index is 0.307. The molecule has 3 fully saturated rings. The van der Waals surface area contributed by atoms with E-state index in [4.69, 9.17) is 0 Å². The highest BCUT2D eigenvalue weighted by Crippen LogP contribution is 2.39. The molecular formula is C22H36N4O. The third-order valence-corrected chi connectivity index (χ3v) is 7.22. The summed E-state index contributed by atoms with van der Waals surface area (Å²) in [6.45, 7) is 6.38. The largest absolute Gasteiger partial charge is 0.342 e. The zero-order chi connectivity index (χ0) is 18.5. The first-order chi connectivity index (χ1) is 13.2. The Morgan fingerprint density at radius 1 is 1.04 bits per heavy atom. The number of likely N-dealkylation sites (tertiary alicyclic amines) is 2. The zero-order valence-electron chi connectivity index (χ0n) is 16.8. The fraction of sp³-hybridized carbons (Fsp3) is 0.818. The minimum atomic E-state index is 0.307. The van der Waals surface area contributed by atoms with Crippen molar-refractivity contribution in [2.45, 2.75) is 70.8 Å². The van der Waals surface area contributed by atoms with Gasteiger partial charge in [-0.05, 0) is 50.8 Å². The molecule has 4 rings (SSSR count). The van der Waals surface area contributed by atoms with Crippen LogP contribution in [0.4, 0.5) is 0 Å². The molecule has 1 aromatic heterocycles. The molecule has 5 heteroatoms. The number of hydrogen-bond acceptors (Lipinski definition) is 3. The molecule has 1 aliphatic carbocycles. The van der Waals surface area contributed by atoms with E-state index in [-0.39, 0.29) is 0 Å². The van der Waals surface area contributed by atoms with Crippen LogP contribution in [0.25, 0.3) is 0 Å². The summed E-state index contributed by atoms with van der Waals surface area (Å²) >= 11 is 0. The van der Waals surface area contributed by atoms with Crippen LogP contribution in [0.15, 0.2) is 18.5 Å². The Labute approximate surface area is 164 Å². The van der Waals surface area contributed by atoms with Gasteiger partial charge >= 0.3 is 0 Å². The van der Waals surface area contributed by atoms with Crippen LogP contribution in [-0.4, -0.2) is 58.2 Å². The Bertz CT molecular complexity index is 595. The van der Waals surface area contributed by atoms with Crippen LogP contribution in [0.3, 0.4) is 0 Å². The molecule has 1 amide bonds. The van der Waals surface area contributed by atoms with Gasteiger partial charge in [0.2, 0.25) is 5.91 Å². The number of aryl methyl sites for hydroxylation is 1. The lowest BCUT2D eigenvalue weighted by atomic mass is 9.79. The van der Waals surface area contributed by atoms with Gasteiger partial charge in [-0.1, -0.05) is 32.1 Å². The standard InChI is InChI=1S/C22H36N4O/c27-21(9-16-26-14-5-12-23-26)25-17-11-22(19-25)10-4-13-24(18-22)15-8-20-6-2-1-3-7-20/h5,12,14,20H,1-4,6-11,13,15-19H2. The van der Waals surface area contributed by atoms with Crippen LogP contribution in [0.5, 0.6) is 0 Å². The summed E-state index contributed by atoms with van der Waals surface area (Å²) in [5.74, 6) is 1.28. The molecule has 2 saturated heterocycles. The highest BCUT2D eigenvalue weighted by molar-refractivity contribution is 5.76. The van der Waals surface area contributed by atoms with Crippen molar-refractivity contribution in [1.29, 1.82) is 0 Å². The van der Waals surface area contributed by atoms with Gasteiger partial charge < -0.3 is 9.80 Å². The Hall–Kier alpha value is -1.36. The van der Waals surface area contributed by atoms with Gasteiger partial charge in [-0.2, -0.15) is 5.10 Å². The number of aromatic nitrogens is 2. The number of rotatable bonds is 6. The van der Waals surface area contributed by atoms with Crippen molar-refractivity contribution in [2.75, 3.05) is 32.7 Å². The molecular weight excluding hydrogens is 336 g/mol. The third kappa shape index (κ3) is 4.92. The number of piperidine rings is 1. The van der Waals surface area contributed by atoms with E-state index in [0.29, 0.717) is 24.3 Å². The van der Waals surface area contributed by atoms with Crippen molar-refractivity contribution in [3.8, 4) is 0 Å². The summed E-state index contributed by atoms with van der Waals surface area (Å²) in [6.07, 6.45) is 16.7. The van der Waals surface area contributed by atoms with Crippen molar-refractivity contribution in [2.24, 2.45) is 11.3 Å². The molecule has 0 aromatic carbocycles. The van der Waals surface area contributed by atoms with Crippen molar-refractivity contribution in [3.05, 3.63) is 18.5 Å². The number of carbonyl (C=O) groups is 1. The van der Waals surface area contributed by atoms with E-state index in [2.05, 4.69) is 14.9 Å². The molecule has 27 heavy (non-hydrogen) atoms. The molecule has 0 bridgehead atoms. The first kappa shape index (κ1) is 19.0. The molecule has 3 aliphatic rings. The van der Waals surface area contributed by atoms with E-state index in [1.165, 1.54) is 77.4 Å². The summed E-state index contributed by atoms with van der Waals surface area (Å²) in [6, 6.07) is 1.92. The van der Waals surface area contributed by atoms with E-state index in [0.717, 1.165) is 19.0 Å². The summed E-state index contributed by atoms with van der Waals surface area (Å²) in [5, 5.41) is 4.21. The SMILES string of the molecule is O=C(CCn1cccn1)N1CCC2(CCCN(CCC3CCCCC3)C2)C1. The van der Waals surface area contributed by atoms with Gasteiger partial charge in [-0.3, -0.25) is 9.48 Å². The maximum atomic E-state index is 12.7. The Balaban J connectivity index is 1.24. The highest BCUT2D eigenvalue weighted by Gasteiger charge is 2.42. The van der Waals surface area contributed by atoms with Gasteiger partial charge in [0, 0.05) is 50.4 Å². The smallest absolute Gasteiger partial charge is 0.224 e. The monoisotopic (exact) mass is 372 g/mol. The summed E-state index contributed by atoms with van der Waals surface area (Å²) in [7, 11) is 0. The second-order valence-corrected chi connectivity index (χ2v) is 9.26. The Morgan fingerprint density at radius 3 is 2.74 bits per heavy atom. The Morgan fingerprint density at radius 2 is 1.93 bits per heavy atom. The van der Waals surface area contributed by atoms with Gasteiger partial charge in [0.1, 0.15) is 0 Å². The van der Waals surface area contributed by atoms with E-state index < -0.39 is 0 Å². The molecule has 1 saturated carbocycles. The van der Waals surface area contributed by atoms with Gasteiger partial charge in [0.05, 0.1) is 0 Å². The second kappa shape index (κ2) is 8.76. The first-order valence-corrected chi connectivity index (χ1v) is 11.2. The molecule has 0 N–H and O–H groups in total. The average Bonchev–Trinajstić information content (AvgIpc) is 3.36. The van der Waals surface area contributed by atoms with E-state index >= 15 is 0 Å². The molecule has 1 unspecified atom stereocenters. The lowest BCUT2D eigenvalue weighted by Crippen LogP contribution is -2.46. The van der Waals surface area contributed by atoms with Crippen molar-refractivity contribution < 1.29 is 4.79 Å². The van der Waals surface area contributed by atoms with Gasteiger partial charge in [0.15, 0.2) is 0 Å². The van der Waals surface area contributed by atoms with E-state index in [1.54, 1.807) is 6.20 Å². The van der Waals surface area contributed by atoms with Crippen LogP contribution in [0, 0.1) is 11.3 Å². The predicted molar refractivity (Wildman–Crippen MR) is 107 cm³/mol. The second-order valence-electron chi connectivity index (χ2n) is 9.26. The maximum absolute atomic E-state index is 12.7. The summed E-state index contributed by atoms with van der Waals surface area (Å²) < 4.78 is 1.86. The highest BCUT2D eigenvalue weighted by atomic mass is 16.2. The molecule has 3 heterocycles. The molecule has 2 aliphatic heterocycles. The number of hydrogen-bond donors (Lipinski definition) is 0. The quantitative estimate of drug-likeness (QED) is 0.767. The minimum Gasteiger partial charge on any atom is -0.342 e. The average molecular weight is 373 g/mol. The van der Waals surface area contributed by atoms with Crippen LogP contribution in [0.2, 0.25) is 0 Å². The molecule has 150 valence electrons. The van der Waals surface area contributed by atoms with Crippen LogP contribution in [0.1, 0.15) is 64.2 Å². The first-order valence-electron chi connectivity index (χ1n) is 11.2. The number of nitrogens with zero attached hydrogens (tertiary/aromatic N) is 4. The molecule has 1 aromatic rings. The third-order valence-electron chi connectivity index (χ3n) is 7.22. The summed E-state index contributed by atoms with van der Waals surface area (Å²) in [5.41, 5.74) is 0.367. The molecule has 1 atom stereocenters. The summed E-state index contributed by atoms with van der Waals surface area (Å²) in [4.78, 5) is 17.5. The zero-order valence-corrected chi connectivity index (χ0v) is 16.8. The number of amides is 1. The van der Waals surface area contributed by atoms with Crippen molar-refractivity contribution in [1.82, 2.24) is 19.6 Å². The molecule has 1 spiro atoms. The lowest BCUT2D eigenvalue weighted by molar-refractivity contribution is -0.131. The molecule has 5 nitrogen and oxygen atoms in total. The van der Waals surface area contributed by atoms with E-state index in [1.807, 2.05) is 16.9 Å². The topological polar surface area (TPSA) is 41.4 Å². The fourth-order valence-corrected chi connectivity index (χ4v) is 5.62. The van der Waals surface area contributed by atoms with Crippen LogP contribution in [-0.2, 0) is 11.3 Å². The molecule has 0 radical (unpaired) electrons. The lowest BCUT2D eigenvalue weighted by Gasteiger charge is -2.41. The van der Waals surface area contributed by atoms with Gasteiger partial charge in [0.25, 0.3) is 0 Å². The normalized spacial score (nSPS) is 27.5. The predicted octanol–water partition coefficient (Wildman–Crippen LogP) is 3.56. The van der Waals surface area contributed by atoms with E-state index in [9.17, 15) is 4.79 Å². The maximum Gasteiger partial charge on any atom is 0.224 e.